The van der Waals surface area contributed by atoms with E-state index in [1.165, 1.54) is 12.3 Å². The van der Waals surface area contributed by atoms with E-state index in [4.69, 9.17) is 0 Å². The van der Waals surface area contributed by atoms with Crippen LogP contribution in [0.15, 0.2) is 18.3 Å². The number of nitrogens with zero attached hydrogens (tertiary/aromatic N) is 3. The lowest BCUT2D eigenvalue weighted by Crippen LogP contribution is -2.65. The largest absolute Gasteiger partial charge is 0.419 e. The van der Waals surface area contributed by atoms with Gasteiger partial charge in [-0.25, -0.2) is 4.98 Å². The van der Waals surface area contributed by atoms with Crippen LogP contribution in [0.1, 0.15) is 51.0 Å². The van der Waals surface area contributed by atoms with Crippen LogP contribution in [0.25, 0.3) is 0 Å². The predicted molar refractivity (Wildman–Crippen MR) is 96.2 cm³/mol. The summed E-state index contributed by atoms with van der Waals surface area (Å²) in [6.45, 7) is 3.19. The van der Waals surface area contributed by atoms with Crippen molar-refractivity contribution in [1.29, 1.82) is 0 Å². The highest BCUT2D eigenvalue weighted by Crippen LogP contribution is 2.45. The summed E-state index contributed by atoms with van der Waals surface area (Å²) in [4.78, 5) is 20.7. The van der Waals surface area contributed by atoms with Crippen molar-refractivity contribution in [2.75, 3.05) is 18.0 Å². The maximum atomic E-state index is 13.5. The third-order valence-electron chi connectivity index (χ3n) is 6.47. The Kier molecular flexibility index (Phi) is 4.80. The summed E-state index contributed by atoms with van der Waals surface area (Å²) in [5.74, 6) is 0.724. The molecule has 3 aliphatic heterocycles. The van der Waals surface area contributed by atoms with Gasteiger partial charge < -0.3 is 9.80 Å². The minimum atomic E-state index is -4.41. The number of carbonyl (C=O) groups is 1. The van der Waals surface area contributed by atoms with E-state index in [2.05, 4.69) is 16.8 Å². The van der Waals surface area contributed by atoms with Crippen molar-refractivity contribution in [2.24, 2.45) is 11.8 Å². The zero-order chi connectivity index (χ0) is 19.2. The molecule has 1 amide bonds. The van der Waals surface area contributed by atoms with Crippen molar-refractivity contribution >= 4 is 11.7 Å². The number of piperidine rings is 3. The van der Waals surface area contributed by atoms with Gasteiger partial charge in [-0.2, -0.15) is 13.2 Å². The Bertz CT molecular complexity index is 708. The molecule has 0 aromatic carbocycles. The lowest BCUT2D eigenvalue weighted by atomic mass is 9.71. The molecule has 0 aliphatic carbocycles. The summed E-state index contributed by atoms with van der Waals surface area (Å²) in [6, 6.07) is 2.77. The highest BCUT2D eigenvalue weighted by atomic mass is 19.4. The quantitative estimate of drug-likeness (QED) is 0.791. The van der Waals surface area contributed by atoms with E-state index < -0.39 is 11.7 Å². The third kappa shape index (κ3) is 3.29. The second kappa shape index (κ2) is 6.99. The monoisotopic (exact) mass is 381 g/mol. The van der Waals surface area contributed by atoms with Crippen LogP contribution in [0.4, 0.5) is 19.0 Å². The number of hydrogen-bond acceptors (Lipinski definition) is 3. The number of pyridine rings is 1. The first-order chi connectivity index (χ1) is 12.9. The molecular formula is C20H26F3N3O. The molecule has 4 atom stereocenters. The second-order valence-corrected chi connectivity index (χ2v) is 8.15. The number of alkyl halides is 3. The third-order valence-corrected chi connectivity index (χ3v) is 6.47. The fourth-order valence-corrected chi connectivity index (χ4v) is 5.49. The first kappa shape index (κ1) is 18.6. The summed E-state index contributed by atoms with van der Waals surface area (Å²) in [5, 5.41) is 0. The van der Waals surface area contributed by atoms with E-state index in [0.29, 0.717) is 19.5 Å². The van der Waals surface area contributed by atoms with Crippen LogP contribution in [0, 0.1) is 11.8 Å². The van der Waals surface area contributed by atoms with Crippen molar-refractivity contribution in [1.82, 2.24) is 9.88 Å². The molecule has 0 saturated carbocycles. The molecule has 27 heavy (non-hydrogen) atoms. The van der Waals surface area contributed by atoms with Crippen LogP contribution in [0.3, 0.4) is 0 Å². The van der Waals surface area contributed by atoms with Crippen LogP contribution in [-0.4, -0.2) is 41.0 Å². The SMILES string of the molecule is CCC[C@H]1[C@H]2C[C@H](CN(c3ncccc3C(F)(F)F)C2)[C@@H]2CCCC(=O)N21. The van der Waals surface area contributed by atoms with Crippen LogP contribution in [0.5, 0.6) is 0 Å². The molecular weight excluding hydrogens is 355 g/mol. The number of anilines is 1. The lowest BCUT2D eigenvalue weighted by Gasteiger charge is -2.57. The molecule has 0 spiro atoms. The average molecular weight is 381 g/mol. The van der Waals surface area contributed by atoms with Crippen molar-refractivity contribution in [3.63, 3.8) is 0 Å². The molecule has 7 heteroatoms. The van der Waals surface area contributed by atoms with Gasteiger partial charge in [0.25, 0.3) is 0 Å². The molecule has 148 valence electrons. The molecule has 0 radical (unpaired) electrons. The Morgan fingerprint density at radius 2 is 2.04 bits per heavy atom. The van der Waals surface area contributed by atoms with Gasteiger partial charge in [-0.3, -0.25) is 4.79 Å². The van der Waals surface area contributed by atoms with Gasteiger partial charge in [-0.1, -0.05) is 13.3 Å². The molecule has 3 saturated heterocycles. The highest BCUT2D eigenvalue weighted by molar-refractivity contribution is 5.78. The van der Waals surface area contributed by atoms with Gasteiger partial charge in [-0.05, 0) is 49.7 Å². The standard InChI is InChI=1S/C20H26F3N3O/c1-2-5-16-13-10-14(17-7-3-8-18(27)26(16)17)12-25(11-13)19-15(20(21,22)23)6-4-9-24-19/h4,6,9,13-14,16-17H,2-3,5,7-8,10-12H2,1H3/t13-,14+,16-,17-/m0/s1. The summed E-state index contributed by atoms with van der Waals surface area (Å²) in [7, 11) is 0. The highest BCUT2D eigenvalue weighted by Gasteiger charge is 2.50. The number of carbonyl (C=O) groups excluding carboxylic acids is 1. The smallest absolute Gasteiger partial charge is 0.355 e. The van der Waals surface area contributed by atoms with Gasteiger partial charge in [0, 0.05) is 37.8 Å². The minimum Gasteiger partial charge on any atom is -0.355 e. The number of amides is 1. The molecule has 4 nitrogen and oxygen atoms in total. The average Bonchev–Trinajstić information content (AvgIpc) is 2.64. The van der Waals surface area contributed by atoms with Crippen molar-refractivity contribution < 1.29 is 18.0 Å². The Morgan fingerprint density at radius 3 is 2.78 bits per heavy atom. The van der Waals surface area contributed by atoms with E-state index in [0.717, 1.165) is 38.2 Å². The van der Waals surface area contributed by atoms with Crippen molar-refractivity contribution in [2.45, 2.75) is 63.7 Å². The second-order valence-electron chi connectivity index (χ2n) is 8.15. The van der Waals surface area contributed by atoms with Crippen molar-refractivity contribution in [3.8, 4) is 0 Å². The molecule has 4 rings (SSSR count). The molecule has 0 unspecified atom stereocenters. The van der Waals surface area contributed by atoms with Crippen LogP contribution in [0.2, 0.25) is 0 Å². The molecule has 3 aliphatic rings. The van der Waals surface area contributed by atoms with E-state index >= 15 is 0 Å². The van der Waals surface area contributed by atoms with Gasteiger partial charge in [0.2, 0.25) is 5.91 Å². The van der Waals surface area contributed by atoms with Gasteiger partial charge in [0.05, 0.1) is 5.56 Å². The first-order valence-corrected chi connectivity index (χ1v) is 9.98. The summed E-state index contributed by atoms with van der Waals surface area (Å²) in [6.07, 6.45) is 2.38. The normalized spacial score (nSPS) is 31.0. The van der Waals surface area contributed by atoms with Crippen LogP contribution in [-0.2, 0) is 11.0 Å². The Balaban J connectivity index is 1.67. The Morgan fingerprint density at radius 1 is 1.26 bits per heavy atom. The molecule has 1 aromatic rings. The fourth-order valence-electron chi connectivity index (χ4n) is 5.49. The summed E-state index contributed by atoms with van der Waals surface area (Å²) in [5.41, 5.74) is -0.659. The molecule has 2 bridgehead atoms. The van der Waals surface area contributed by atoms with E-state index in [-0.39, 0.29) is 35.6 Å². The van der Waals surface area contributed by atoms with Gasteiger partial charge in [0.1, 0.15) is 5.82 Å². The number of aromatic nitrogens is 1. The van der Waals surface area contributed by atoms with E-state index in [1.807, 2.05) is 4.90 Å². The number of rotatable bonds is 3. The molecule has 1 aromatic heterocycles. The number of fused-ring (bicyclic) bond motifs is 4. The zero-order valence-electron chi connectivity index (χ0n) is 15.6. The maximum absolute atomic E-state index is 13.5. The summed E-state index contributed by atoms with van der Waals surface area (Å²) >= 11 is 0. The maximum Gasteiger partial charge on any atom is 0.419 e. The number of halogens is 3. The van der Waals surface area contributed by atoms with Crippen LogP contribution < -0.4 is 4.90 Å². The van der Waals surface area contributed by atoms with Gasteiger partial charge in [0.15, 0.2) is 0 Å². The molecule has 4 heterocycles. The van der Waals surface area contributed by atoms with E-state index in [1.54, 1.807) is 0 Å². The first-order valence-electron chi connectivity index (χ1n) is 9.98. The molecule has 0 N–H and O–H groups in total. The Hall–Kier alpha value is -1.79. The Labute approximate surface area is 157 Å². The lowest BCUT2D eigenvalue weighted by molar-refractivity contribution is -0.149. The predicted octanol–water partition coefficient (Wildman–Crippen LogP) is 4.11. The number of hydrogen-bond donors (Lipinski definition) is 0. The summed E-state index contributed by atoms with van der Waals surface area (Å²) < 4.78 is 40.5. The van der Waals surface area contributed by atoms with E-state index in [9.17, 15) is 18.0 Å². The van der Waals surface area contributed by atoms with Crippen LogP contribution >= 0.6 is 0 Å². The van der Waals surface area contributed by atoms with Gasteiger partial charge in [-0.15, -0.1) is 0 Å². The molecule has 3 fully saturated rings. The minimum absolute atomic E-state index is 0.0468. The van der Waals surface area contributed by atoms with Gasteiger partial charge >= 0.3 is 6.18 Å². The topological polar surface area (TPSA) is 36.4 Å². The zero-order valence-corrected chi connectivity index (χ0v) is 15.6. The van der Waals surface area contributed by atoms with Crippen molar-refractivity contribution in [3.05, 3.63) is 23.9 Å². The fraction of sp³-hybridized carbons (Fsp3) is 0.700.